The highest BCUT2D eigenvalue weighted by atomic mass is 32.2. The van der Waals surface area contributed by atoms with Crippen molar-refractivity contribution in [2.45, 2.75) is 44.1 Å². The van der Waals surface area contributed by atoms with Gasteiger partial charge in [-0.15, -0.1) is 0 Å². The Morgan fingerprint density at radius 3 is 2.11 bits per heavy atom. The second kappa shape index (κ2) is 9.88. The van der Waals surface area contributed by atoms with Crippen LogP contribution in [0.5, 0.6) is 5.75 Å². The number of hydrogen-bond donors (Lipinski definition) is 1. The number of pyridine rings is 1. The second-order valence-electron chi connectivity index (χ2n) is 8.59. The highest BCUT2D eigenvalue weighted by Gasteiger charge is 2.23. The van der Waals surface area contributed by atoms with Crippen LogP contribution in [0, 0.1) is 33.5 Å². The molecule has 4 aromatic rings. The fourth-order valence-corrected chi connectivity index (χ4v) is 5.28. The van der Waals surface area contributed by atoms with Crippen LogP contribution in [0.4, 0.5) is 15.9 Å². The number of anilines is 2. The summed E-state index contributed by atoms with van der Waals surface area (Å²) in [5, 5.41) is 3.27. The smallest absolute Gasteiger partial charge is 0.210 e. The number of aromatic nitrogens is 1. The molecule has 0 aliphatic rings. The molecule has 4 rings (SSSR count). The summed E-state index contributed by atoms with van der Waals surface area (Å²) in [4.78, 5) is 4.75. The van der Waals surface area contributed by atoms with E-state index in [0.717, 1.165) is 27.9 Å². The van der Waals surface area contributed by atoms with E-state index >= 15 is 0 Å². The lowest BCUT2D eigenvalue weighted by atomic mass is 10.1. The van der Waals surface area contributed by atoms with Gasteiger partial charge in [0, 0.05) is 11.4 Å². The molecule has 5 nitrogen and oxygen atoms in total. The van der Waals surface area contributed by atoms with Crippen LogP contribution in [0.15, 0.2) is 82.6 Å². The maximum Gasteiger partial charge on any atom is 0.210 e. The maximum absolute atomic E-state index is 13.5. The standard InChI is InChI=1S/C28H27FN2O3S/c1-18-15-19(2)27(20(3)16-18)31-28-26(14-5-21(4)30-28)35(32,33)25-12-10-24(11-13-25)34-17-22-6-8-23(29)9-7-22/h5-16H,17H2,1-4H3,(H,30,31). The number of rotatable bonds is 7. The van der Waals surface area contributed by atoms with Gasteiger partial charge in [0.1, 0.15) is 28.9 Å². The molecule has 1 heterocycles. The van der Waals surface area contributed by atoms with Crippen molar-refractivity contribution in [3.8, 4) is 5.75 Å². The minimum absolute atomic E-state index is 0.0995. The van der Waals surface area contributed by atoms with Gasteiger partial charge >= 0.3 is 0 Å². The van der Waals surface area contributed by atoms with E-state index in [-0.39, 0.29) is 28.0 Å². The summed E-state index contributed by atoms with van der Waals surface area (Å²) in [6.07, 6.45) is 0. The lowest BCUT2D eigenvalue weighted by Gasteiger charge is -2.17. The first-order valence-corrected chi connectivity index (χ1v) is 12.7. The molecule has 0 unspecified atom stereocenters. The Kier molecular flexibility index (Phi) is 6.89. The molecule has 0 spiro atoms. The number of nitrogens with one attached hydrogen (secondary N) is 1. The minimum Gasteiger partial charge on any atom is -0.489 e. The molecule has 35 heavy (non-hydrogen) atoms. The summed E-state index contributed by atoms with van der Waals surface area (Å²) in [7, 11) is -3.85. The summed E-state index contributed by atoms with van der Waals surface area (Å²) in [5.41, 5.74) is 5.52. The molecule has 0 fully saturated rings. The molecule has 0 bridgehead atoms. The van der Waals surface area contributed by atoms with Crippen molar-refractivity contribution >= 4 is 21.3 Å². The molecule has 180 valence electrons. The number of ether oxygens (including phenoxy) is 1. The van der Waals surface area contributed by atoms with Gasteiger partial charge in [0.2, 0.25) is 9.84 Å². The van der Waals surface area contributed by atoms with Crippen LogP contribution < -0.4 is 10.1 Å². The molecule has 0 saturated carbocycles. The van der Waals surface area contributed by atoms with E-state index in [1.165, 1.54) is 24.3 Å². The zero-order chi connectivity index (χ0) is 25.2. The largest absolute Gasteiger partial charge is 0.489 e. The molecule has 7 heteroatoms. The highest BCUT2D eigenvalue weighted by Crippen LogP contribution is 2.32. The zero-order valence-corrected chi connectivity index (χ0v) is 20.9. The van der Waals surface area contributed by atoms with Crippen LogP contribution in [-0.2, 0) is 16.4 Å². The molecule has 0 amide bonds. The molecular weight excluding hydrogens is 463 g/mol. The first-order valence-electron chi connectivity index (χ1n) is 11.2. The van der Waals surface area contributed by atoms with E-state index in [4.69, 9.17) is 4.74 Å². The van der Waals surface area contributed by atoms with Crippen molar-refractivity contribution in [1.29, 1.82) is 0 Å². The Balaban J connectivity index is 1.60. The van der Waals surface area contributed by atoms with Crippen LogP contribution in [0.25, 0.3) is 0 Å². The van der Waals surface area contributed by atoms with Crippen molar-refractivity contribution in [2.75, 3.05) is 5.32 Å². The van der Waals surface area contributed by atoms with Gasteiger partial charge in [0.25, 0.3) is 0 Å². The normalized spacial score (nSPS) is 11.3. The van der Waals surface area contributed by atoms with Crippen LogP contribution in [0.1, 0.15) is 27.9 Å². The lowest BCUT2D eigenvalue weighted by molar-refractivity contribution is 0.306. The van der Waals surface area contributed by atoms with Crippen molar-refractivity contribution < 1.29 is 17.5 Å². The maximum atomic E-state index is 13.5. The molecule has 0 atom stereocenters. The summed E-state index contributed by atoms with van der Waals surface area (Å²) >= 11 is 0. The van der Waals surface area contributed by atoms with E-state index in [1.54, 1.807) is 36.4 Å². The Labute approximate surface area is 205 Å². The number of aryl methyl sites for hydroxylation is 4. The summed E-state index contributed by atoms with van der Waals surface area (Å²) in [6, 6.07) is 19.6. The van der Waals surface area contributed by atoms with Gasteiger partial charge in [-0.1, -0.05) is 29.8 Å². The quantitative estimate of drug-likeness (QED) is 0.316. The molecule has 1 N–H and O–H groups in total. The average molecular weight is 491 g/mol. The Morgan fingerprint density at radius 2 is 1.49 bits per heavy atom. The van der Waals surface area contributed by atoms with Gasteiger partial charge in [-0.25, -0.2) is 17.8 Å². The van der Waals surface area contributed by atoms with Gasteiger partial charge in [0.05, 0.1) is 4.90 Å². The van der Waals surface area contributed by atoms with Gasteiger partial charge in [-0.2, -0.15) is 0 Å². The molecular formula is C28H27FN2O3S. The lowest BCUT2D eigenvalue weighted by Crippen LogP contribution is -2.09. The van der Waals surface area contributed by atoms with E-state index < -0.39 is 9.84 Å². The van der Waals surface area contributed by atoms with Crippen LogP contribution in [-0.4, -0.2) is 13.4 Å². The van der Waals surface area contributed by atoms with Crippen LogP contribution in [0.3, 0.4) is 0 Å². The fraction of sp³-hybridized carbons (Fsp3) is 0.179. The SMILES string of the molecule is Cc1cc(C)c(Nc2nc(C)ccc2S(=O)(=O)c2ccc(OCc3ccc(F)cc3)cc2)c(C)c1. The molecule has 0 saturated heterocycles. The summed E-state index contributed by atoms with van der Waals surface area (Å²) in [6.45, 7) is 8.06. The predicted octanol–water partition coefficient (Wildman–Crippen LogP) is 6.61. The highest BCUT2D eigenvalue weighted by molar-refractivity contribution is 7.91. The summed E-state index contributed by atoms with van der Waals surface area (Å²) in [5.74, 6) is 0.492. The van der Waals surface area contributed by atoms with Gasteiger partial charge < -0.3 is 10.1 Å². The van der Waals surface area contributed by atoms with Gasteiger partial charge in [-0.05, 0) is 92.9 Å². The number of halogens is 1. The van der Waals surface area contributed by atoms with Gasteiger partial charge in [-0.3, -0.25) is 0 Å². The Bertz CT molecular complexity index is 1440. The van der Waals surface area contributed by atoms with Crippen LogP contribution >= 0.6 is 0 Å². The minimum atomic E-state index is -3.85. The third kappa shape index (κ3) is 5.52. The van der Waals surface area contributed by atoms with Gasteiger partial charge in [0.15, 0.2) is 0 Å². The molecule has 0 aliphatic heterocycles. The van der Waals surface area contributed by atoms with E-state index in [0.29, 0.717) is 11.4 Å². The third-order valence-corrected chi connectivity index (χ3v) is 7.46. The zero-order valence-electron chi connectivity index (χ0n) is 20.1. The summed E-state index contributed by atoms with van der Waals surface area (Å²) < 4.78 is 45.9. The third-order valence-electron chi connectivity index (χ3n) is 5.66. The monoisotopic (exact) mass is 490 g/mol. The second-order valence-corrected chi connectivity index (χ2v) is 10.5. The number of nitrogens with zero attached hydrogens (tertiary/aromatic N) is 1. The molecule has 1 aromatic heterocycles. The predicted molar refractivity (Wildman–Crippen MR) is 136 cm³/mol. The van der Waals surface area contributed by atoms with Crippen molar-refractivity contribution in [3.63, 3.8) is 0 Å². The van der Waals surface area contributed by atoms with Crippen LogP contribution in [0.2, 0.25) is 0 Å². The molecule has 0 radical (unpaired) electrons. The number of hydrogen-bond acceptors (Lipinski definition) is 5. The number of benzene rings is 3. The van der Waals surface area contributed by atoms with Crippen molar-refractivity contribution in [1.82, 2.24) is 4.98 Å². The van der Waals surface area contributed by atoms with Crippen molar-refractivity contribution in [2.24, 2.45) is 0 Å². The first-order chi connectivity index (χ1) is 16.6. The Morgan fingerprint density at radius 1 is 0.857 bits per heavy atom. The van der Waals surface area contributed by atoms with E-state index in [2.05, 4.69) is 10.3 Å². The molecule has 0 aliphatic carbocycles. The first kappa shape index (κ1) is 24.4. The fourth-order valence-electron chi connectivity index (χ4n) is 3.94. The topological polar surface area (TPSA) is 68.3 Å². The molecule has 3 aromatic carbocycles. The van der Waals surface area contributed by atoms with Crippen molar-refractivity contribution in [3.05, 3.63) is 107 Å². The average Bonchev–Trinajstić information content (AvgIpc) is 2.81. The number of sulfone groups is 1. The van der Waals surface area contributed by atoms with E-state index in [1.807, 2.05) is 39.8 Å². The Hall–Kier alpha value is -3.71. The van der Waals surface area contributed by atoms with E-state index in [9.17, 15) is 12.8 Å².